The molecular weight excluding hydrogens is 528 g/mol. The first kappa shape index (κ1) is 26.6. The monoisotopic (exact) mass is 554 g/mol. The number of fused-ring (bicyclic) bond motifs is 5. The predicted octanol–water partition coefficient (Wildman–Crippen LogP) is 8.75. The lowest BCUT2D eigenvalue weighted by Crippen LogP contribution is -2.03. The van der Waals surface area contributed by atoms with Gasteiger partial charge in [-0.3, -0.25) is 4.79 Å². The van der Waals surface area contributed by atoms with Gasteiger partial charge in [-0.25, -0.2) is 4.79 Å². The Labute approximate surface area is 241 Å². The largest absolute Gasteiger partial charge is 0.493 e. The van der Waals surface area contributed by atoms with Gasteiger partial charge in [-0.2, -0.15) is 0 Å². The van der Waals surface area contributed by atoms with Crippen LogP contribution in [0.5, 0.6) is 17.2 Å². The standard InChI is InChI=1S/C18H12O3.C18H14O3/c1-20-15-8-4-7-13-17(19)16-12-6-3-2-5-11(12)9-10-14(16)21-18(13)15;1-12-5-4-8-16(18(19)20)17(12)21-15-10-9-13-6-2-3-7-14(13)11-15/h2-10H,1H3;2-11H,1H3,(H,19,20). The van der Waals surface area contributed by atoms with E-state index in [4.69, 9.17) is 13.9 Å². The maximum absolute atomic E-state index is 12.9. The Morgan fingerprint density at radius 3 is 2.21 bits per heavy atom. The highest BCUT2D eigenvalue weighted by Gasteiger charge is 2.15. The molecular formula is C36H26O6. The van der Waals surface area contributed by atoms with Crippen LogP contribution >= 0.6 is 0 Å². The van der Waals surface area contributed by atoms with Gasteiger partial charge in [0, 0.05) is 0 Å². The minimum absolute atomic E-state index is 0.0260. The zero-order valence-corrected chi connectivity index (χ0v) is 23.0. The third-order valence-electron chi connectivity index (χ3n) is 7.16. The minimum atomic E-state index is -0.991. The van der Waals surface area contributed by atoms with Gasteiger partial charge in [0.2, 0.25) is 5.43 Å². The van der Waals surface area contributed by atoms with Crippen LogP contribution in [0, 0.1) is 6.92 Å². The first-order chi connectivity index (χ1) is 20.4. The Kier molecular flexibility index (Phi) is 7.03. The van der Waals surface area contributed by atoms with Crippen molar-refractivity contribution in [3.05, 3.63) is 137 Å². The van der Waals surface area contributed by atoms with Crippen LogP contribution in [0.2, 0.25) is 0 Å². The van der Waals surface area contributed by atoms with Gasteiger partial charge in [0.25, 0.3) is 0 Å². The number of carbonyl (C=O) groups is 1. The van der Waals surface area contributed by atoms with Crippen LogP contribution in [0.1, 0.15) is 15.9 Å². The maximum Gasteiger partial charge on any atom is 0.339 e. The molecule has 1 N–H and O–H groups in total. The molecule has 6 heteroatoms. The van der Waals surface area contributed by atoms with Gasteiger partial charge >= 0.3 is 5.97 Å². The summed E-state index contributed by atoms with van der Waals surface area (Å²) in [6.07, 6.45) is 0. The number of carboxylic acid groups (broad SMARTS) is 1. The van der Waals surface area contributed by atoms with E-state index in [0.29, 0.717) is 39.2 Å². The van der Waals surface area contributed by atoms with E-state index >= 15 is 0 Å². The lowest BCUT2D eigenvalue weighted by Gasteiger charge is -2.12. The smallest absolute Gasteiger partial charge is 0.339 e. The summed E-state index contributed by atoms with van der Waals surface area (Å²) in [7, 11) is 1.57. The van der Waals surface area contributed by atoms with Crippen molar-refractivity contribution in [1.29, 1.82) is 0 Å². The molecule has 206 valence electrons. The summed E-state index contributed by atoms with van der Waals surface area (Å²) in [6, 6.07) is 35.8. The number of ether oxygens (including phenoxy) is 2. The third-order valence-corrected chi connectivity index (χ3v) is 7.16. The molecule has 0 spiro atoms. The number of aromatic carboxylic acids is 1. The van der Waals surface area contributed by atoms with E-state index in [0.717, 1.165) is 27.1 Å². The Morgan fingerprint density at radius 2 is 1.43 bits per heavy atom. The average molecular weight is 555 g/mol. The second-order valence-corrected chi connectivity index (χ2v) is 9.80. The highest BCUT2D eigenvalue weighted by Crippen LogP contribution is 2.32. The van der Waals surface area contributed by atoms with Gasteiger partial charge in [0.15, 0.2) is 11.3 Å². The Bertz CT molecular complexity index is 2180. The molecule has 1 aromatic heterocycles. The summed E-state index contributed by atoms with van der Waals surface area (Å²) in [4.78, 5) is 24.2. The van der Waals surface area contributed by atoms with Gasteiger partial charge < -0.3 is 19.0 Å². The van der Waals surface area contributed by atoms with E-state index in [9.17, 15) is 14.7 Å². The SMILES string of the molecule is COc1cccc2c(=O)c3c(ccc4ccccc43)oc12.Cc1cccc(C(=O)O)c1Oc1ccc2ccccc2c1. The highest BCUT2D eigenvalue weighted by molar-refractivity contribution is 6.08. The fraction of sp³-hybridized carbons (Fsp3) is 0.0556. The van der Waals surface area contributed by atoms with E-state index < -0.39 is 5.97 Å². The van der Waals surface area contributed by atoms with Gasteiger partial charge in [0.1, 0.15) is 22.6 Å². The summed E-state index contributed by atoms with van der Waals surface area (Å²) in [5, 5.41) is 14.5. The van der Waals surface area contributed by atoms with Crippen molar-refractivity contribution in [3.8, 4) is 17.2 Å². The minimum Gasteiger partial charge on any atom is -0.493 e. The number of benzene rings is 6. The molecule has 0 amide bonds. The molecule has 6 nitrogen and oxygen atoms in total. The van der Waals surface area contributed by atoms with Crippen LogP contribution in [-0.2, 0) is 0 Å². The van der Waals surface area contributed by atoms with Gasteiger partial charge in [-0.1, -0.05) is 78.9 Å². The second kappa shape index (κ2) is 11.1. The molecule has 0 saturated heterocycles. The fourth-order valence-corrected chi connectivity index (χ4v) is 5.08. The lowest BCUT2D eigenvalue weighted by molar-refractivity contribution is 0.0694. The number of aryl methyl sites for hydroxylation is 1. The summed E-state index contributed by atoms with van der Waals surface area (Å²) in [5.74, 6) is 0.597. The first-order valence-corrected chi connectivity index (χ1v) is 13.4. The van der Waals surface area contributed by atoms with Gasteiger partial charge in [-0.05, 0) is 70.4 Å². The number of carboxylic acids is 1. The molecule has 7 aromatic rings. The first-order valence-electron chi connectivity index (χ1n) is 13.4. The van der Waals surface area contributed by atoms with Crippen molar-refractivity contribution in [1.82, 2.24) is 0 Å². The predicted molar refractivity (Wildman–Crippen MR) is 166 cm³/mol. The number of hydrogen-bond acceptors (Lipinski definition) is 5. The van der Waals surface area contributed by atoms with Crippen LogP contribution in [0.4, 0.5) is 0 Å². The Balaban J connectivity index is 0.000000150. The van der Waals surface area contributed by atoms with Crippen molar-refractivity contribution in [2.75, 3.05) is 7.11 Å². The molecule has 0 atom stereocenters. The van der Waals surface area contributed by atoms with Crippen molar-refractivity contribution in [3.63, 3.8) is 0 Å². The van der Waals surface area contributed by atoms with E-state index in [1.165, 1.54) is 0 Å². The molecule has 1 heterocycles. The Morgan fingerprint density at radius 1 is 0.738 bits per heavy atom. The zero-order valence-electron chi connectivity index (χ0n) is 23.0. The third kappa shape index (κ3) is 4.90. The summed E-state index contributed by atoms with van der Waals surface area (Å²) >= 11 is 0. The lowest BCUT2D eigenvalue weighted by atomic mass is 10.0. The van der Waals surface area contributed by atoms with Crippen LogP contribution < -0.4 is 14.9 Å². The number of hydrogen-bond donors (Lipinski definition) is 1. The van der Waals surface area contributed by atoms with E-state index in [2.05, 4.69) is 0 Å². The van der Waals surface area contributed by atoms with Crippen LogP contribution in [0.15, 0.2) is 124 Å². The topological polar surface area (TPSA) is 86.0 Å². The average Bonchev–Trinajstić information content (AvgIpc) is 3.02. The molecule has 0 unspecified atom stereocenters. The van der Waals surface area contributed by atoms with Gasteiger partial charge in [-0.15, -0.1) is 0 Å². The molecule has 0 aliphatic rings. The molecule has 7 rings (SSSR count). The van der Waals surface area contributed by atoms with Crippen molar-refractivity contribution < 1.29 is 23.8 Å². The summed E-state index contributed by atoms with van der Waals surface area (Å²) in [6.45, 7) is 1.84. The number of methoxy groups -OCH3 is 1. The molecule has 42 heavy (non-hydrogen) atoms. The summed E-state index contributed by atoms with van der Waals surface area (Å²) in [5.41, 5.74) is 2.01. The normalized spacial score (nSPS) is 10.9. The molecule has 0 aliphatic carbocycles. The van der Waals surface area contributed by atoms with Crippen molar-refractivity contribution in [2.45, 2.75) is 6.92 Å². The molecule has 6 aromatic carbocycles. The van der Waals surface area contributed by atoms with Crippen LogP contribution in [0.25, 0.3) is 43.5 Å². The zero-order chi connectivity index (χ0) is 29.2. The van der Waals surface area contributed by atoms with Crippen molar-refractivity contribution in [2.24, 2.45) is 0 Å². The maximum atomic E-state index is 12.9. The second-order valence-electron chi connectivity index (χ2n) is 9.80. The summed E-state index contributed by atoms with van der Waals surface area (Å²) < 4.78 is 17.0. The van der Waals surface area contributed by atoms with E-state index in [1.54, 1.807) is 37.4 Å². The number of para-hydroxylation sites is 2. The van der Waals surface area contributed by atoms with Crippen molar-refractivity contribution >= 4 is 49.5 Å². The highest BCUT2D eigenvalue weighted by atomic mass is 16.5. The molecule has 0 fully saturated rings. The van der Waals surface area contributed by atoms with E-state index in [-0.39, 0.29) is 11.0 Å². The molecule has 0 saturated carbocycles. The molecule has 0 bridgehead atoms. The van der Waals surface area contributed by atoms with Crippen LogP contribution in [-0.4, -0.2) is 18.2 Å². The van der Waals surface area contributed by atoms with Crippen LogP contribution in [0.3, 0.4) is 0 Å². The quantitative estimate of drug-likeness (QED) is 0.173. The van der Waals surface area contributed by atoms with E-state index in [1.807, 2.05) is 91.9 Å². The number of rotatable bonds is 4. The molecule has 0 aliphatic heterocycles. The van der Waals surface area contributed by atoms with Gasteiger partial charge in [0.05, 0.1) is 17.9 Å². The fourth-order valence-electron chi connectivity index (χ4n) is 5.08. The Hall–Kier alpha value is -5.62. The molecule has 0 radical (unpaired) electrons.